The second-order valence-corrected chi connectivity index (χ2v) is 3.85. The van der Waals surface area contributed by atoms with Crippen LogP contribution in [0.1, 0.15) is 6.42 Å². The van der Waals surface area contributed by atoms with Crippen molar-refractivity contribution >= 4 is 35.8 Å². The zero-order chi connectivity index (χ0) is 10.4. The van der Waals surface area contributed by atoms with Crippen molar-refractivity contribution in [1.82, 2.24) is 0 Å². The molecule has 0 bridgehead atoms. The van der Waals surface area contributed by atoms with E-state index in [1.807, 2.05) is 24.3 Å². The number of anilines is 1. The number of carbonyl (C=O) groups is 1. The van der Waals surface area contributed by atoms with Gasteiger partial charge in [-0.1, -0.05) is 12.1 Å². The number of halogens is 1. The summed E-state index contributed by atoms with van der Waals surface area (Å²) in [6.07, 6.45) is 0.412. The van der Waals surface area contributed by atoms with E-state index in [2.05, 4.69) is 4.74 Å². The van der Waals surface area contributed by atoms with Crippen LogP contribution in [-0.2, 0) is 9.53 Å². The number of hydrogen-bond donors (Lipinski definition) is 1. The number of thioether (sulfide) groups is 1. The van der Waals surface area contributed by atoms with Gasteiger partial charge in [0.15, 0.2) is 0 Å². The van der Waals surface area contributed by atoms with Gasteiger partial charge in [0.1, 0.15) is 0 Å². The molecule has 15 heavy (non-hydrogen) atoms. The third-order valence-electron chi connectivity index (χ3n) is 1.71. The van der Waals surface area contributed by atoms with E-state index in [4.69, 9.17) is 5.73 Å². The van der Waals surface area contributed by atoms with Gasteiger partial charge in [-0.05, 0) is 12.1 Å². The molecule has 0 spiro atoms. The summed E-state index contributed by atoms with van der Waals surface area (Å²) in [7, 11) is 1.39. The van der Waals surface area contributed by atoms with Crippen LogP contribution < -0.4 is 5.73 Å². The molecule has 5 heteroatoms. The molecule has 0 heterocycles. The van der Waals surface area contributed by atoms with Crippen LogP contribution in [0, 0.1) is 0 Å². The standard InChI is InChI=1S/C10H13NO2S.ClH/c1-13-10(12)6-7-14-9-5-3-2-4-8(9)11;/h2-5H,6-7,11H2,1H3;1H. The monoisotopic (exact) mass is 247 g/mol. The molecule has 0 amide bonds. The van der Waals surface area contributed by atoms with Gasteiger partial charge in [-0.3, -0.25) is 4.79 Å². The first-order chi connectivity index (χ1) is 6.74. The summed E-state index contributed by atoms with van der Waals surface area (Å²) < 4.78 is 4.53. The fourth-order valence-electron chi connectivity index (χ4n) is 0.958. The minimum absolute atomic E-state index is 0. The Morgan fingerprint density at radius 1 is 1.47 bits per heavy atom. The Balaban J connectivity index is 0.00000196. The molecule has 1 rings (SSSR count). The largest absolute Gasteiger partial charge is 0.469 e. The molecule has 0 radical (unpaired) electrons. The molecule has 0 aliphatic heterocycles. The topological polar surface area (TPSA) is 52.3 Å². The van der Waals surface area contributed by atoms with Crippen LogP contribution in [0.3, 0.4) is 0 Å². The Labute approximate surface area is 99.8 Å². The number of nitrogens with two attached hydrogens (primary N) is 1. The van der Waals surface area contributed by atoms with Gasteiger partial charge in [0.2, 0.25) is 0 Å². The highest BCUT2D eigenvalue weighted by atomic mass is 35.5. The van der Waals surface area contributed by atoms with Gasteiger partial charge in [0.05, 0.1) is 13.5 Å². The van der Waals surface area contributed by atoms with Gasteiger partial charge in [0.25, 0.3) is 0 Å². The van der Waals surface area contributed by atoms with E-state index >= 15 is 0 Å². The van der Waals surface area contributed by atoms with Crippen molar-refractivity contribution in [3.8, 4) is 0 Å². The number of para-hydroxylation sites is 1. The molecule has 0 saturated carbocycles. The molecule has 0 aromatic heterocycles. The van der Waals surface area contributed by atoms with E-state index in [0.29, 0.717) is 12.2 Å². The van der Waals surface area contributed by atoms with Crippen LogP contribution in [0.5, 0.6) is 0 Å². The Morgan fingerprint density at radius 3 is 2.73 bits per heavy atom. The summed E-state index contributed by atoms with van der Waals surface area (Å²) in [6.45, 7) is 0. The van der Waals surface area contributed by atoms with E-state index in [1.54, 1.807) is 11.8 Å². The number of esters is 1. The van der Waals surface area contributed by atoms with Crippen LogP contribution in [0.25, 0.3) is 0 Å². The van der Waals surface area contributed by atoms with Crippen molar-refractivity contribution in [2.75, 3.05) is 18.6 Å². The fraction of sp³-hybridized carbons (Fsp3) is 0.300. The highest BCUT2D eigenvalue weighted by Crippen LogP contribution is 2.24. The number of nitrogen functional groups attached to an aromatic ring is 1. The van der Waals surface area contributed by atoms with Crippen molar-refractivity contribution in [3.05, 3.63) is 24.3 Å². The summed E-state index contributed by atoms with van der Waals surface area (Å²) >= 11 is 1.56. The maximum Gasteiger partial charge on any atom is 0.306 e. The predicted octanol–water partition coefficient (Wildman–Crippen LogP) is 2.35. The molecule has 0 unspecified atom stereocenters. The highest BCUT2D eigenvalue weighted by molar-refractivity contribution is 7.99. The first-order valence-electron chi connectivity index (χ1n) is 4.28. The quantitative estimate of drug-likeness (QED) is 0.504. The SMILES string of the molecule is COC(=O)CCSc1ccccc1N.Cl. The van der Waals surface area contributed by atoms with Crippen molar-refractivity contribution in [2.24, 2.45) is 0 Å². The molecule has 84 valence electrons. The molecular formula is C10H14ClNO2S. The molecule has 3 nitrogen and oxygen atoms in total. The third kappa shape index (κ3) is 4.95. The lowest BCUT2D eigenvalue weighted by Crippen LogP contribution is -2.01. The average molecular weight is 248 g/mol. The zero-order valence-electron chi connectivity index (χ0n) is 8.43. The lowest BCUT2D eigenvalue weighted by molar-refractivity contribution is -0.140. The molecule has 0 aliphatic rings. The highest BCUT2D eigenvalue weighted by Gasteiger charge is 2.02. The van der Waals surface area contributed by atoms with Gasteiger partial charge in [-0.2, -0.15) is 0 Å². The smallest absolute Gasteiger partial charge is 0.306 e. The summed E-state index contributed by atoms with van der Waals surface area (Å²) in [6, 6.07) is 7.61. The summed E-state index contributed by atoms with van der Waals surface area (Å²) in [4.78, 5) is 11.8. The van der Waals surface area contributed by atoms with Crippen LogP contribution in [-0.4, -0.2) is 18.8 Å². The van der Waals surface area contributed by atoms with Crippen LogP contribution in [0.2, 0.25) is 0 Å². The molecule has 0 aliphatic carbocycles. The van der Waals surface area contributed by atoms with E-state index in [1.165, 1.54) is 7.11 Å². The van der Waals surface area contributed by atoms with Gasteiger partial charge >= 0.3 is 5.97 Å². The Bertz CT molecular complexity index is 320. The molecular weight excluding hydrogens is 234 g/mol. The minimum atomic E-state index is -0.188. The predicted molar refractivity (Wildman–Crippen MR) is 65.5 cm³/mol. The number of ether oxygens (including phenoxy) is 1. The Kier molecular flexibility index (Phi) is 6.99. The Morgan fingerprint density at radius 2 is 2.13 bits per heavy atom. The normalized spacial score (nSPS) is 9.13. The van der Waals surface area contributed by atoms with Crippen LogP contribution in [0.15, 0.2) is 29.2 Å². The molecule has 0 saturated heterocycles. The minimum Gasteiger partial charge on any atom is -0.469 e. The van der Waals surface area contributed by atoms with Gasteiger partial charge in [0, 0.05) is 16.3 Å². The second-order valence-electron chi connectivity index (χ2n) is 2.71. The van der Waals surface area contributed by atoms with Crippen molar-refractivity contribution < 1.29 is 9.53 Å². The van der Waals surface area contributed by atoms with E-state index in [0.717, 1.165) is 10.6 Å². The molecule has 1 aromatic carbocycles. The number of benzene rings is 1. The summed E-state index contributed by atoms with van der Waals surface area (Å²) in [5.41, 5.74) is 6.49. The number of rotatable bonds is 4. The maximum atomic E-state index is 10.8. The Hall–Kier alpha value is -0.870. The summed E-state index contributed by atoms with van der Waals surface area (Å²) in [5.74, 6) is 0.507. The lowest BCUT2D eigenvalue weighted by atomic mass is 10.3. The van der Waals surface area contributed by atoms with Crippen LogP contribution >= 0.6 is 24.2 Å². The van der Waals surface area contributed by atoms with Crippen molar-refractivity contribution in [1.29, 1.82) is 0 Å². The molecule has 0 atom stereocenters. The van der Waals surface area contributed by atoms with E-state index in [-0.39, 0.29) is 18.4 Å². The van der Waals surface area contributed by atoms with E-state index < -0.39 is 0 Å². The number of methoxy groups -OCH3 is 1. The maximum absolute atomic E-state index is 10.8. The van der Waals surface area contributed by atoms with E-state index in [9.17, 15) is 4.79 Å². The van der Waals surface area contributed by atoms with Crippen molar-refractivity contribution in [3.63, 3.8) is 0 Å². The second kappa shape index (κ2) is 7.43. The van der Waals surface area contributed by atoms with Gasteiger partial charge < -0.3 is 10.5 Å². The first-order valence-corrected chi connectivity index (χ1v) is 5.26. The molecule has 1 aromatic rings. The molecule has 0 fully saturated rings. The summed E-state index contributed by atoms with van der Waals surface area (Å²) in [5, 5.41) is 0. The lowest BCUT2D eigenvalue weighted by Gasteiger charge is -2.03. The van der Waals surface area contributed by atoms with Gasteiger partial charge in [-0.25, -0.2) is 0 Å². The fourth-order valence-corrected chi connectivity index (χ4v) is 1.86. The number of carbonyl (C=O) groups excluding carboxylic acids is 1. The average Bonchev–Trinajstić information content (AvgIpc) is 2.20. The first kappa shape index (κ1) is 14.1. The number of hydrogen-bond acceptors (Lipinski definition) is 4. The van der Waals surface area contributed by atoms with Crippen LogP contribution in [0.4, 0.5) is 5.69 Å². The van der Waals surface area contributed by atoms with Crippen molar-refractivity contribution in [2.45, 2.75) is 11.3 Å². The molecule has 2 N–H and O–H groups in total. The van der Waals surface area contributed by atoms with Gasteiger partial charge in [-0.15, -0.1) is 24.2 Å². The third-order valence-corrected chi connectivity index (χ3v) is 2.80. The zero-order valence-corrected chi connectivity index (χ0v) is 10.1.